The molecule has 0 aliphatic carbocycles. The van der Waals surface area contributed by atoms with Crippen molar-refractivity contribution in [1.29, 1.82) is 0 Å². The van der Waals surface area contributed by atoms with Crippen LogP contribution in [-0.4, -0.2) is 21.7 Å². The molecule has 0 saturated heterocycles. The van der Waals surface area contributed by atoms with Crippen molar-refractivity contribution >= 4 is 39.1 Å². The zero-order valence-electron chi connectivity index (χ0n) is 13.5. The molecule has 0 unspecified atom stereocenters. The minimum atomic E-state index is -0.550. The Hall–Kier alpha value is -3.33. The third kappa shape index (κ3) is 4.19. The van der Waals surface area contributed by atoms with Crippen LogP contribution >= 0.6 is 11.3 Å². The van der Waals surface area contributed by atoms with Crippen LogP contribution in [0.15, 0.2) is 48.5 Å². The number of hydrogen-bond acceptors (Lipinski definition) is 6. The van der Waals surface area contributed by atoms with Gasteiger partial charge >= 0.3 is 0 Å². The van der Waals surface area contributed by atoms with Gasteiger partial charge in [0.25, 0.3) is 11.6 Å². The molecule has 2 aromatic carbocycles. The van der Waals surface area contributed by atoms with Gasteiger partial charge in [-0.2, -0.15) is 0 Å². The molecular weight excluding hydrogens is 356 g/mol. The largest absolute Gasteiger partial charge is 0.273 e. The van der Waals surface area contributed by atoms with Crippen LogP contribution < -0.4 is 10.9 Å². The fraction of sp³-hybridized carbons (Fsp3) is 0.118. The van der Waals surface area contributed by atoms with Crippen LogP contribution in [0.25, 0.3) is 10.2 Å². The van der Waals surface area contributed by atoms with Gasteiger partial charge in [-0.25, -0.2) is 4.98 Å². The van der Waals surface area contributed by atoms with E-state index in [1.54, 1.807) is 0 Å². The van der Waals surface area contributed by atoms with Gasteiger partial charge in [-0.1, -0.05) is 12.1 Å². The summed E-state index contributed by atoms with van der Waals surface area (Å²) in [6, 6.07) is 12.8. The molecule has 0 radical (unpaired) electrons. The molecule has 0 fully saturated rings. The maximum Gasteiger partial charge on any atom is 0.269 e. The Morgan fingerprint density at radius 3 is 2.50 bits per heavy atom. The molecule has 0 bridgehead atoms. The van der Waals surface area contributed by atoms with E-state index in [0.29, 0.717) is 6.42 Å². The summed E-state index contributed by atoms with van der Waals surface area (Å²) in [5.41, 5.74) is 5.61. The standard InChI is InChI=1S/C17H14N4O4S/c22-15(9-10-16-18-13-3-1-2-4-14(13)26-16)19-20-17(23)11-5-7-12(8-6-11)21(24)25/h1-8H,9-10H2,(H,19,22)(H,20,23). The summed E-state index contributed by atoms with van der Waals surface area (Å²) < 4.78 is 1.06. The van der Waals surface area contributed by atoms with Crippen LogP contribution in [0.1, 0.15) is 21.8 Å². The lowest BCUT2D eigenvalue weighted by Gasteiger charge is -2.06. The number of non-ortho nitro benzene ring substituents is 1. The average Bonchev–Trinajstić information content (AvgIpc) is 3.07. The van der Waals surface area contributed by atoms with Gasteiger partial charge in [0, 0.05) is 30.5 Å². The van der Waals surface area contributed by atoms with E-state index >= 15 is 0 Å². The third-order valence-electron chi connectivity index (χ3n) is 3.56. The number of carbonyl (C=O) groups is 2. The lowest BCUT2D eigenvalue weighted by Crippen LogP contribution is -2.41. The molecule has 3 rings (SSSR count). The number of hydrazine groups is 1. The first-order chi connectivity index (χ1) is 12.5. The van der Waals surface area contributed by atoms with Gasteiger partial charge in [-0.15, -0.1) is 11.3 Å². The first kappa shape index (κ1) is 17.5. The van der Waals surface area contributed by atoms with E-state index in [-0.39, 0.29) is 23.6 Å². The molecule has 26 heavy (non-hydrogen) atoms. The highest BCUT2D eigenvalue weighted by atomic mass is 32.1. The van der Waals surface area contributed by atoms with E-state index in [4.69, 9.17) is 0 Å². The van der Waals surface area contributed by atoms with Gasteiger partial charge in [-0.3, -0.25) is 30.6 Å². The lowest BCUT2D eigenvalue weighted by atomic mass is 10.2. The highest BCUT2D eigenvalue weighted by Crippen LogP contribution is 2.22. The van der Waals surface area contributed by atoms with Crippen LogP contribution in [0.5, 0.6) is 0 Å². The van der Waals surface area contributed by atoms with Crippen molar-refractivity contribution in [1.82, 2.24) is 15.8 Å². The summed E-state index contributed by atoms with van der Waals surface area (Å²) in [7, 11) is 0. The maximum absolute atomic E-state index is 11.9. The van der Waals surface area contributed by atoms with Crippen LogP contribution in [-0.2, 0) is 11.2 Å². The Kier molecular flexibility index (Phi) is 5.18. The predicted octanol–water partition coefficient (Wildman–Crippen LogP) is 2.60. The first-order valence-corrected chi connectivity index (χ1v) is 8.52. The molecule has 0 saturated carbocycles. The molecular formula is C17H14N4O4S. The number of fused-ring (bicyclic) bond motifs is 1. The number of rotatable bonds is 5. The monoisotopic (exact) mass is 370 g/mol. The smallest absolute Gasteiger partial charge is 0.269 e. The van der Waals surface area contributed by atoms with Gasteiger partial charge in [0.1, 0.15) is 0 Å². The summed E-state index contributed by atoms with van der Waals surface area (Å²) in [6.45, 7) is 0. The molecule has 2 N–H and O–H groups in total. The second-order valence-electron chi connectivity index (χ2n) is 5.38. The summed E-state index contributed by atoms with van der Waals surface area (Å²) in [5.74, 6) is -0.896. The summed E-state index contributed by atoms with van der Waals surface area (Å²) in [5, 5.41) is 11.4. The number of nitrogens with zero attached hydrogens (tertiary/aromatic N) is 2. The van der Waals surface area contributed by atoms with E-state index in [1.165, 1.54) is 35.6 Å². The number of carbonyl (C=O) groups excluding carboxylic acids is 2. The van der Waals surface area contributed by atoms with E-state index in [2.05, 4.69) is 15.8 Å². The minimum Gasteiger partial charge on any atom is -0.273 e. The predicted molar refractivity (Wildman–Crippen MR) is 96.6 cm³/mol. The van der Waals surface area contributed by atoms with Crippen molar-refractivity contribution in [2.75, 3.05) is 0 Å². The molecule has 2 amide bonds. The van der Waals surface area contributed by atoms with E-state index in [0.717, 1.165) is 15.2 Å². The van der Waals surface area contributed by atoms with Gasteiger partial charge in [0.2, 0.25) is 5.91 Å². The second kappa shape index (κ2) is 7.70. The van der Waals surface area contributed by atoms with Gasteiger partial charge < -0.3 is 0 Å². The molecule has 0 atom stereocenters. The van der Waals surface area contributed by atoms with Gasteiger partial charge in [0.15, 0.2) is 0 Å². The van der Waals surface area contributed by atoms with Gasteiger partial charge in [-0.05, 0) is 24.3 Å². The second-order valence-corrected chi connectivity index (χ2v) is 6.50. The number of nitro benzene ring substituents is 1. The number of aromatic nitrogens is 1. The summed E-state index contributed by atoms with van der Waals surface area (Å²) in [6.07, 6.45) is 0.652. The number of para-hydroxylation sites is 1. The minimum absolute atomic E-state index is 0.110. The topological polar surface area (TPSA) is 114 Å². The Morgan fingerprint density at radius 1 is 1.08 bits per heavy atom. The number of amides is 2. The molecule has 0 aliphatic heterocycles. The molecule has 1 aromatic heterocycles. The molecule has 1 heterocycles. The normalized spacial score (nSPS) is 10.5. The number of nitrogens with one attached hydrogen (secondary N) is 2. The number of benzene rings is 2. The van der Waals surface area contributed by atoms with E-state index in [1.807, 2.05) is 24.3 Å². The SMILES string of the molecule is O=C(CCc1nc2ccccc2s1)NNC(=O)c1ccc([N+](=O)[O-])cc1. The average molecular weight is 370 g/mol. The molecule has 0 aliphatic rings. The Morgan fingerprint density at radius 2 is 1.81 bits per heavy atom. The Labute approximate surface area is 152 Å². The highest BCUT2D eigenvalue weighted by molar-refractivity contribution is 7.18. The quantitative estimate of drug-likeness (QED) is 0.529. The van der Waals surface area contributed by atoms with Crippen LogP contribution in [0.2, 0.25) is 0 Å². The summed E-state index contributed by atoms with van der Waals surface area (Å²) >= 11 is 1.53. The fourth-order valence-corrected chi connectivity index (χ4v) is 3.21. The molecule has 132 valence electrons. The molecule has 8 nitrogen and oxygen atoms in total. The van der Waals surface area contributed by atoms with Crippen LogP contribution in [0.3, 0.4) is 0 Å². The number of thiazole rings is 1. The maximum atomic E-state index is 11.9. The zero-order chi connectivity index (χ0) is 18.5. The van der Waals surface area contributed by atoms with Crippen molar-refractivity contribution < 1.29 is 14.5 Å². The number of aryl methyl sites for hydroxylation is 1. The Bertz CT molecular complexity index is 935. The van der Waals surface area contributed by atoms with Crippen molar-refractivity contribution in [3.8, 4) is 0 Å². The van der Waals surface area contributed by atoms with Crippen LogP contribution in [0, 0.1) is 10.1 Å². The summed E-state index contributed by atoms with van der Waals surface area (Å²) in [4.78, 5) is 38.3. The van der Waals surface area contributed by atoms with E-state index < -0.39 is 10.8 Å². The third-order valence-corrected chi connectivity index (χ3v) is 4.66. The van der Waals surface area contributed by atoms with Crippen LogP contribution in [0.4, 0.5) is 5.69 Å². The Balaban J connectivity index is 1.48. The van der Waals surface area contributed by atoms with Gasteiger partial charge in [0.05, 0.1) is 20.1 Å². The number of nitro groups is 1. The number of hydrogen-bond donors (Lipinski definition) is 2. The van der Waals surface area contributed by atoms with Crippen molar-refractivity contribution in [2.24, 2.45) is 0 Å². The van der Waals surface area contributed by atoms with Crippen molar-refractivity contribution in [3.63, 3.8) is 0 Å². The van der Waals surface area contributed by atoms with Crippen molar-refractivity contribution in [3.05, 3.63) is 69.2 Å². The molecule has 3 aromatic rings. The van der Waals surface area contributed by atoms with Crippen molar-refractivity contribution in [2.45, 2.75) is 12.8 Å². The lowest BCUT2D eigenvalue weighted by molar-refractivity contribution is -0.384. The highest BCUT2D eigenvalue weighted by Gasteiger charge is 2.11. The first-order valence-electron chi connectivity index (χ1n) is 7.71. The fourth-order valence-electron chi connectivity index (χ4n) is 2.24. The van der Waals surface area contributed by atoms with E-state index in [9.17, 15) is 19.7 Å². The molecule has 0 spiro atoms. The molecule has 9 heteroatoms. The zero-order valence-corrected chi connectivity index (χ0v) is 14.3.